The van der Waals surface area contributed by atoms with Crippen molar-refractivity contribution < 1.29 is 23.4 Å². The Bertz CT molecular complexity index is 449. The summed E-state index contributed by atoms with van der Waals surface area (Å²) < 4.78 is 33.8. The van der Waals surface area contributed by atoms with Gasteiger partial charge in [-0.3, -0.25) is 0 Å². The van der Waals surface area contributed by atoms with Gasteiger partial charge in [-0.1, -0.05) is 12.0 Å². The zero-order valence-corrected chi connectivity index (χ0v) is 10.1. The number of ether oxygens (including phenoxy) is 2. The summed E-state index contributed by atoms with van der Waals surface area (Å²) in [6.07, 6.45) is -0.977. The highest BCUT2D eigenvalue weighted by molar-refractivity contribution is 5.44. The number of aliphatic hydroxyl groups is 1. The van der Waals surface area contributed by atoms with Crippen LogP contribution in [0.4, 0.5) is 8.78 Å². The lowest BCUT2D eigenvalue weighted by Gasteiger charge is -2.13. The predicted molar refractivity (Wildman–Crippen MR) is 62.7 cm³/mol. The monoisotopic (exact) mass is 256 g/mol. The van der Waals surface area contributed by atoms with Gasteiger partial charge in [0.25, 0.3) is 0 Å². The molecule has 1 atom stereocenters. The lowest BCUT2D eigenvalue weighted by molar-refractivity contribution is -0.0514. The summed E-state index contributed by atoms with van der Waals surface area (Å²) >= 11 is 0. The standard InChI is InChI=1S/C13H14F2O3/c1-3-5-10(16)9-6-7-11(18-13(14)15)12(8-9)17-4-2/h6-8,10,13,16H,4H2,1-2H3. The molecular formula is C13H14F2O3. The highest BCUT2D eigenvalue weighted by Gasteiger charge is 2.13. The van der Waals surface area contributed by atoms with Gasteiger partial charge in [-0.2, -0.15) is 8.78 Å². The first-order chi connectivity index (χ1) is 8.58. The molecular weight excluding hydrogens is 242 g/mol. The van der Waals surface area contributed by atoms with Crippen LogP contribution in [0.3, 0.4) is 0 Å². The van der Waals surface area contributed by atoms with E-state index in [0.717, 1.165) is 0 Å². The smallest absolute Gasteiger partial charge is 0.387 e. The van der Waals surface area contributed by atoms with Gasteiger partial charge in [-0.25, -0.2) is 0 Å². The number of aliphatic hydroxyl groups excluding tert-OH is 1. The molecule has 98 valence electrons. The van der Waals surface area contributed by atoms with Gasteiger partial charge in [-0.05, 0) is 31.5 Å². The first kappa shape index (κ1) is 14.3. The first-order valence-electron chi connectivity index (χ1n) is 5.40. The SMILES string of the molecule is CC#CC(O)c1ccc(OC(F)F)c(OCC)c1. The third kappa shape index (κ3) is 3.90. The molecule has 18 heavy (non-hydrogen) atoms. The molecule has 0 amide bonds. The second kappa shape index (κ2) is 6.82. The summed E-state index contributed by atoms with van der Waals surface area (Å²) in [4.78, 5) is 0. The largest absolute Gasteiger partial charge is 0.490 e. The molecule has 0 saturated carbocycles. The van der Waals surface area contributed by atoms with Crippen molar-refractivity contribution in [2.45, 2.75) is 26.6 Å². The second-order valence-corrected chi connectivity index (χ2v) is 3.31. The van der Waals surface area contributed by atoms with Gasteiger partial charge in [0, 0.05) is 0 Å². The van der Waals surface area contributed by atoms with E-state index in [1.54, 1.807) is 13.8 Å². The fraction of sp³-hybridized carbons (Fsp3) is 0.385. The molecule has 0 saturated heterocycles. The van der Waals surface area contributed by atoms with E-state index in [2.05, 4.69) is 16.6 Å². The van der Waals surface area contributed by atoms with Crippen LogP contribution in [0.1, 0.15) is 25.5 Å². The molecule has 0 aliphatic carbocycles. The Labute approximate surface area is 104 Å². The van der Waals surface area contributed by atoms with Crippen molar-refractivity contribution in [2.75, 3.05) is 6.61 Å². The Morgan fingerprint density at radius 3 is 2.61 bits per heavy atom. The number of hydrogen-bond acceptors (Lipinski definition) is 3. The molecule has 0 fully saturated rings. The molecule has 1 N–H and O–H groups in total. The van der Waals surface area contributed by atoms with Gasteiger partial charge in [0.05, 0.1) is 6.61 Å². The Kier molecular flexibility index (Phi) is 5.40. The maximum absolute atomic E-state index is 12.2. The molecule has 5 heteroatoms. The Hall–Kier alpha value is -1.80. The molecule has 0 spiro atoms. The van der Waals surface area contributed by atoms with Crippen LogP contribution in [-0.4, -0.2) is 18.3 Å². The normalized spacial score (nSPS) is 11.7. The molecule has 0 heterocycles. The first-order valence-corrected chi connectivity index (χ1v) is 5.40. The zero-order chi connectivity index (χ0) is 13.5. The van der Waals surface area contributed by atoms with Crippen LogP contribution >= 0.6 is 0 Å². The minimum Gasteiger partial charge on any atom is -0.490 e. The molecule has 1 aromatic carbocycles. The van der Waals surface area contributed by atoms with E-state index in [1.807, 2.05) is 0 Å². The quantitative estimate of drug-likeness (QED) is 0.823. The minimum absolute atomic E-state index is 0.0627. The third-order valence-electron chi connectivity index (χ3n) is 2.08. The number of benzene rings is 1. The Morgan fingerprint density at radius 1 is 1.33 bits per heavy atom. The van der Waals surface area contributed by atoms with Crippen molar-refractivity contribution >= 4 is 0 Å². The molecule has 0 radical (unpaired) electrons. The van der Waals surface area contributed by atoms with Crippen molar-refractivity contribution in [1.29, 1.82) is 0 Å². The Balaban J connectivity index is 3.04. The molecule has 0 aromatic heterocycles. The molecule has 0 bridgehead atoms. The van der Waals surface area contributed by atoms with E-state index in [1.165, 1.54) is 18.2 Å². The zero-order valence-electron chi connectivity index (χ0n) is 10.1. The average Bonchev–Trinajstić information content (AvgIpc) is 2.31. The molecule has 0 aliphatic rings. The summed E-state index contributed by atoms with van der Waals surface area (Å²) in [6, 6.07) is 4.23. The van der Waals surface area contributed by atoms with E-state index in [4.69, 9.17) is 4.74 Å². The predicted octanol–water partition coefficient (Wildman–Crippen LogP) is 2.74. The third-order valence-corrected chi connectivity index (χ3v) is 2.08. The highest BCUT2D eigenvalue weighted by Crippen LogP contribution is 2.31. The lowest BCUT2D eigenvalue weighted by Crippen LogP contribution is -2.05. The highest BCUT2D eigenvalue weighted by atomic mass is 19.3. The van der Waals surface area contributed by atoms with E-state index in [-0.39, 0.29) is 11.5 Å². The molecule has 1 unspecified atom stereocenters. The van der Waals surface area contributed by atoms with Gasteiger partial charge in [0.15, 0.2) is 11.5 Å². The van der Waals surface area contributed by atoms with Crippen molar-refractivity contribution in [2.24, 2.45) is 0 Å². The van der Waals surface area contributed by atoms with Crippen LogP contribution < -0.4 is 9.47 Å². The van der Waals surface area contributed by atoms with Crippen molar-refractivity contribution in [3.63, 3.8) is 0 Å². The fourth-order valence-corrected chi connectivity index (χ4v) is 1.38. The topological polar surface area (TPSA) is 38.7 Å². The van der Waals surface area contributed by atoms with E-state index in [9.17, 15) is 13.9 Å². The van der Waals surface area contributed by atoms with Gasteiger partial charge in [-0.15, -0.1) is 5.92 Å². The van der Waals surface area contributed by atoms with Crippen molar-refractivity contribution in [1.82, 2.24) is 0 Å². The van der Waals surface area contributed by atoms with E-state index < -0.39 is 12.7 Å². The maximum Gasteiger partial charge on any atom is 0.387 e. The fourth-order valence-electron chi connectivity index (χ4n) is 1.38. The summed E-state index contributed by atoms with van der Waals surface area (Å²) in [5.41, 5.74) is 0.467. The van der Waals surface area contributed by atoms with Gasteiger partial charge >= 0.3 is 6.61 Å². The minimum atomic E-state index is -2.92. The van der Waals surface area contributed by atoms with Gasteiger partial charge < -0.3 is 14.6 Å². The summed E-state index contributed by atoms with van der Waals surface area (Å²) in [5, 5.41) is 9.67. The summed E-state index contributed by atoms with van der Waals surface area (Å²) in [6.45, 7) is 0.705. The number of halogens is 2. The van der Waals surface area contributed by atoms with E-state index in [0.29, 0.717) is 12.2 Å². The van der Waals surface area contributed by atoms with Crippen LogP contribution in [0.5, 0.6) is 11.5 Å². The second-order valence-electron chi connectivity index (χ2n) is 3.31. The van der Waals surface area contributed by atoms with Crippen molar-refractivity contribution in [3.8, 4) is 23.3 Å². The van der Waals surface area contributed by atoms with Crippen LogP contribution in [-0.2, 0) is 0 Å². The van der Waals surface area contributed by atoms with Crippen molar-refractivity contribution in [3.05, 3.63) is 23.8 Å². The molecule has 1 aromatic rings. The summed E-state index contributed by atoms with van der Waals surface area (Å²) in [5.74, 6) is 5.22. The molecule has 3 nitrogen and oxygen atoms in total. The van der Waals surface area contributed by atoms with Crippen LogP contribution in [0, 0.1) is 11.8 Å². The van der Waals surface area contributed by atoms with Crippen LogP contribution in [0.2, 0.25) is 0 Å². The Morgan fingerprint density at radius 2 is 2.06 bits per heavy atom. The van der Waals surface area contributed by atoms with E-state index >= 15 is 0 Å². The van der Waals surface area contributed by atoms with Crippen LogP contribution in [0.15, 0.2) is 18.2 Å². The molecule has 1 rings (SSSR count). The lowest BCUT2D eigenvalue weighted by atomic mass is 10.1. The van der Waals surface area contributed by atoms with Gasteiger partial charge in [0.2, 0.25) is 0 Å². The number of alkyl halides is 2. The number of hydrogen-bond donors (Lipinski definition) is 1. The maximum atomic E-state index is 12.2. The average molecular weight is 256 g/mol. The van der Waals surface area contributed by atoms with Crippen LogP contribution in [0.25, 0.3) is 0 Å². The molecule has 0 aliphatic heterocycles. The van der Waals surface area contributed by atoms with Gasteiger partial charge in [0.1, 0.15) is 6.10 Å². The summed E-state index contributed by atoms with van der Waals surface area (Å²) in [7, 11) is 0. The number of rotatable bonds is 5.